The first-order chi connectivity index (χ1) is 10.9. The predicted molar refractivity (Wildman–Crippen MR) is 97.8 cm³/mol. The van der Waals surface area contributed by atoms with Crippen LogP contribution in [0.2, 0.25) is 0 Å². The second-order valence-corrected chi connectivity index (χ2v) is 8.54. The molecule has 23 heavy (non-hydrogen) atoms. The van der Waals surface area contributed by atoms with E-state index in [0.29, 0.717) is 5.56 Å². The Labute approximate surface area is 144 Å². The van der Waals surface area contributed by atoms with E-state index in [1.54, 1.807) is 53.4 Å². The van der Waals surface area contributed by atoms with Gasteiger partial charge < -0.3 is 0 Å². The van der Waals surface area contributed by atoms with Crippen LogP contribution in [0.3, 0.4) is 0 Å². The highest BCUT2D eigenvalue weighted by molar-refractivity contribution is 8.00. The lowest BCUT2D eigenvalue weighted by Crippen LogP contribution is -2.07. The molecule has 0 aliphatic carbocycles. The molecular weight excluding hydrogens is 350 g/mol. The highest BCUT2D eigenvalue weighted by atomic mass is 32.2. The van der Waals surface area contributed by atoms with Crippen molar-refractivity contribution in [1.29, 1.82) is 0 Å². The third-order valence-corrected chi connectivity index (χ3v) is 6.35. The highest BCUT2D eigenvalue weighted by Gasteiger charge is 2.18. The van der Waals surface area contributed by atoms with Crippen LogP contribution in [0.4, 0.5) is 0 Å². The molecule has 1 aromatic heterocycles. The van der Waals surface area contributed by atoms with E-state index in [-0.39, 0.29) is 0 Å². The highest BCUT2D eigenvalue weighted by Crippen LogP contribution is 2.27. The number of para-hydroxylation sites is 1. The number of thiazole rings is 1. The summed E-state index contributed by atoms with van der Waals surface area (Å²) >= 11 is 3.45. The van der Waals surface area contributed by atoms with Crippen LogP contribution >= 0.6 is 23.1 Å². The van der Waals surface area contributed by atoms with E-state index >= 15 is 0 Å². The van der Waals surface area contributed by atoms with E-state index in [1.165, 1.54) is 11.6 Å². The number of rotatable bonds is 3. The first-order valence-electron chi connectivity index (χ1n) is 6.82. The summed E-state index contributed by atoms with van der Waals surface area (Å²) in [5.74, 6) is 0. The smallest absolute Gasteiger partial charge is 0.271 e. The molecule has 0 saturated carbocycles. The zero-order valence-corrected chi connectivity index (χ0v) is 15.2. The van der Waals surface area contributed by atoms with Crippen LogP contribution in [0.5, 0.6) is 0 Å². The molecule has 4 nitrogen and oxygen atoms in total. The van der Waals surface area contributed by atoms with E-state index in [9.17, 15) is 8.42 Å². The molecule has 0 bridgehead atoms. The molecule has 0 aliphatic heterocycles. The van der Waals surface area contributed by atoms with E-state index in [4.69, 9.17) is 4.55 Å². The fourth-order valence-corrected chi connectivity index (χ4v) is 3.82. The number of benzene rings is 2. The maximum absolute atomic E-state index is 10.7. The molecule has 3 aromatic rings. The van der Waals surface area contributed by atoms with Gasteiger partial charge in [0, 0.05) is 0 Å². The van der Waals surface area contributed by atoms with Gasteiger partial charge in [0.25, 0.3) is 10.1 Å². The average Bonchev–Trinajstić information content (AvgIpc) is 2.98. The Morgan fingerprint density at radius 3 is 2.26 bits per heavy atom. The molecule has 2 aromatic carbocycles. The van der Waals surface area contributed by atoms with E-state index in [0.717, 1.165) is 9.86 Å². The van der Waals surface area contributed by atoms with Gasteiger partial charge in [-0.15, -0.1) is 11.3 Å². The zero-order chi connectivity index (χ0) is 16.9. The molecule has 0 amide bonds. The number of thioether (sulfide) groups is 1. The topological polar surface area (TPSA) is 67.3 Å². The number of nitrogens with zero attached hydrogens (tertiary/aromatic N) is 1. The Hall–Kier alpha value is -1.41. The third kappa shape index (κ3) is 5.04. The van der Waals surface area contributed by atoms with E-state index in [1.807, 2.05) is 18.2 Å². The van der Waals surface area contributed by atoms with Gasteiger partial charge in [-0.3, -0.25) is 4.55 Å². The molecule has 1 unspecified atom stereocenters. The monoisotopic (exact) mass is 367 g/mol. The second kappa shape index (κ2) is 7.92. The molecule has 3 rings (SSSR count). The predicted octanol–water partition coefficient (Wildman–Crippen LogP) is 4.65. The van der Waals surface area contributed by atoms with Crippen LogP contribution in [-0.2, 0) is 10.1 Å². The summed E-state index contributed by atoms with van der Waals surface area (Å²) in [6.07, 6.45) is 2.05. The van der Waals surface area contributed by atoms with Gasteiger partial charge in [-0.05, 0) is 30.9 Å². The van der Waals surface area contributed by atoms with Crippen molar-refractivity contribution in [2.24, 2.45) is 0 Å². The Morgan fingerprint density at radius 2 is 1.70 bits per heavy atom. The number of fused-ring (bicyclic) bond motifs is 1. The van der Waals surface area contributed by atoms with Gasteiger partial charge in [0.05, 0.1) is 10.2 Å². The molecule has 1 heterocycles. The summed E-state index contributed by atoms with van der Waals surface area (Å²) in [4.78, 5) is 4.41. The van der Waals surface area contributed by atoms with Crippen LogP contribution in [0.25, 0.3) is 10.2 Å². The minimum absolute atomic E-state index is 0.597. The van der Waals surface area contributed by atoms with E-state index < -0.39 is 15.4 Å². The Bertz CT molecular complexity index is 827. The fourth-order valence-electron chi connectivity index (χ4n) is 1.83. The van der Waals surface area contributed by atoms with Crippen molar-refractivity contribution in [2.75, 3.05) is 6.26 Å². The van der Waals surface area contributed by atoms with Crippen LogP contribution in [0.1, 0.15) is 17.7 Å². The summed E-state index contributed by atoms with van der Waals surface area (Å²) in [7, 11) is -3.96. The van der Waals surface area contributed by atoms with Crippen molar-refractivity contribution in [3.05, 3.63) is 60.2 Å². The normalized spacial score (nSPS) is 12.5. The van der Waals surface area contributed by atoms with Gasteiger partial charge >= 0.3 is 0 Å². The van der Waals surface area contributed by atoms with Crippen molar-refractivity contribution in [3.8, 4) is 0 Å². The second-order valence-electron chi connectivity index (χ2n) is 4.72. The van der Waals surface area contributed by atoms with Gasteiger partial charge in [-0.2, -0.15) is 8.42 Å². The molecule has 1 N–H and O–H groups in total. The largest absolute Gasteiger partial charge is 0.285 e. The quantitative estimate of drug-likeness (QED) is 0.539. The Kier molecular flexibility index (Phi) is 6.17. The van der Waals surface area contributed by atoms with Crippen molar-refractivity contribution in [3.63, 3.8) is 0 Å². The Balaban J connectivity index is 0.000000167. The molecule has 122 valence electrons. The molecule has 0 aliphatic rings. The molecule has 0 radical (unpaired) electrons. The summed E-state index contributed by atoms with van der Waals surface area (Å²) in [6, 6.07) is 16.8. The minimum Gasteiger partial charge on any atom is -0.285 e. The van der Waals surface area contributed by atoms with Crippen molar-refractivity contribution < 1.29 is 13.0 Å². The molecule has 7 heteroatoms. The number of hydrogen-bond acceptors (Lipinski definition) is 5. The molecular formula is C16H17NO3S3. The van der Waals surface area contributed by atoms with Gasteiger partial charge in [-0.1, -0.05) is 54.2 Å². The van der Waals surface area contributed by atoms with Crippen molar-refractivity contribution >= 4 is 43.4 Å². The number of hydrogen-bond donors (Lipinski definition) is 1. The van der Waals surface area contributed by atoms with Gasteiger partial charge in [0.2, 0.25) is 0 Å². The molecule has 0 fully saturated rings. The summed E-state index contributed by atoms with van der Waals surface area (Å²) < 4.78 is 32.5. The molecule has 0 spiro atoms. The fraction of sp³-hybridized carbons (Fsp3) is 0.188. The average molecular weight is 368 g/mol. The number of aromatic nitrogens is 1. The van der Waals surface area contributed by atoms with Crippen LogP contribution in [0, 0.1) is 0 Å². The Morgan fingerprint density at radius 1 is 1.09 bits per heavy atom. The molecule has 1 atom stereocenters. The maximum Gasteiger partial charge on any atom is 0.271 e. The van der Waals surface area contributed by atoms with Crippen molar-refractivity contribution in [2.45, 2.75) is 16.5 Å². The van der Waals surface area contributed by atoms with Crippen LogP contribution in [-0.4, -0.2) is 24.2 Å². The van der Waals surface area contributed by atoms with Gasteiger partial charge in [0.15, 0.2) is 4.34 Å². The van der Waals surface area contributed by atoms with Gasteiger partial charge in [-0.25, -0.2) is 4.98 Å². The summed E-state index contributed by atoms with van der Waals surface area (Å²) in [5.41, 5.74) is 1.71. The standard InChI is InChI=1S/C8H7NS2.C8H10O3S/c1-10-8-9-6-4-2-3-5-7(6)11-8;1-7(12(9,10)11)8-5-3-2-4-6-8/h2-5H,1H3;2-7H,1H3,(H,9,10,11). The summed E-state index contributed by atoms with van der Waals surface area (Å²) in [5, 5.41) is -0.848. The van der Waals surface area contributed by atoms with Crippen LogP contribution in [0.15, 0.2) is 58.9 Å². The first-order valence-corrected chi connectivity index (χ1v) is 10.4. The van der Waals surface area contributed by atoms with Crippen molar-refractivity contribution in [1.82, 2.24) is 4.98 Å². The lowest BCUT2D eigenvalue weighted by atomic mass is 10.2. The lowest BCUT2D eigenvalue weighted by molar-refractivity contribution is 0.472. The van der Waals surface area contributed by atoms with E-state index in [2.05, 4.69) is 17.3 Å². The maximum atomic E-state index is 10.7. The van der Waals surface area contributed by atoms with Gasteiger partial charge in [0.1, 0.15) is 5.25 Å². The lowest BCUT2D eigenvalue weighted by Gasteiger charge is -2.06. The SMILES string of the molecule is CC(c1ccccc1)S(=O)(=O)O.CSc1nc2ccccc2s1. The van der Waals surface area contributed by atoms with Crippen LogP contribution < -0.4 is 0 Å². The first kappa shape index (κ1) is 17.9. The zero-order valence-electron chi connectivity index (χ0n) is 12.7. The third-order valence-electron chi connectivity index (χ3n) is 3.16. The summed E-state index contributed by atoms with van der Waals surface area (Å²) in [6.45, 7) is 1.45. The molecule has 0 saturated heterocycles. The minimum atomic E-state index is -3.96.